The number of piperidine rings is 1. The van der Waals surface area contributed by atoms with Crippen LogP contribution in [0.3, 0.4) is 0 Å². The zero-order valence-corrected chi connectivity index (χ0v) is 12.4. The van der Waals surface area contributed by atoms with E-state index in [0.717, 1.165) is 25.8 Å². The van der Waals surface area contributed by atoms with Gasteiger partial charge >= 0.3 is 0 Å². The van der Waals surface area contributed by atoms with Gasteiger partial charge in [-0.2, -0.15) is 0 Å². The van der Waals surface area contributed by atoms with Crippen molar-refractivity contribution in [3.05, 3.63) is 23.5 Å². The largest absolute Gasteiger partial charge is 0.346 e. The van der Waals surface area contributed by atoms with Crippen LogP contribution >= 0.6 is 0 Å². The van der Waals surface area contributed by atoms with Crippen LogP contribution in [0.2, 0.25) is 0 Å². The Bertz CT molecular complexity index is 519. The molecule has 110 valence electrons. The van der Waals surface area contributed by atoms with Crippen molar-refractivity contribution < 1.29 is 9.59 Å². The quantitative estimate of drug-likeness (QED) is 0.853. The molecule has 0 spiro atoms. The fourth-order valence-electron chi connectivity index (χ4n) is 2.87. The molecule has 5 nitrogen and oxygen atoms in total. The number of amides is 1. The number of aryl methyl sites for hydroxylation is 1. The van der Waals surface area contributed by atoms with Crippen LogP contribution in [0, 0.1) is 0 Å². The molecule has 0 saturated carbocycles. The Morgan fingerprint density at radius 2 is 2.10 bits per heavy atom. The first-order valence-electron chi connectivity index (χ1n) is 7.15. The molecule has 0 aliphatic carbocycles. The zero-order chi connectivity index (χ0) is 14.9. The fraction of sp³-hybridized carbons (Fsp3) is 0.600. The molecule has 1 saturated heterocycles. The number of aromatic nitrogens is 1. The molecule has 1 fully saturated rings. The minimum atomic E-state index is -0.0354. The Hall–Kier alpha value is -1.62. The maximum absolute atomic E-state index is 12.7. The van der Waals surface area contributed by atoms with E-state index < -0.39 is 0 Å². The van der Waals surface area contributed by atoms with Crippen LogP contribution in [0.1, 0.15) is 54.0 Å². The van der Waals surface area contributed by atoms with Crippen molar-refractivity contribution >= 4 is 11.7 Å². The van der Waals surface area contributed by atoms with Crippen molar-refractivity contribution in [1.29, 1.82) is 0 Å². The van der Waals surface area contributed by atoms with Crippen LogP contribution in [0.4, 0.5) is 0 Å². The van der Waals surface area contributed by atoms with E-state index >= 15 is 0 Å². The highest BCUT2D eigenvalue weighted by molar-refractivity contribution is 5.99. The zero-order valence-electron chi connectivity index (χ0n) is 12.4. The van der Waals surface area contributed by atoms with E-state index in [0.29, 0.717) is 11.3 Å². The van der Waals surface area contributed by atoms with Gasteiger partial charge in [0.2, 0.25) is 0 Å². The number of carbonyl (C=O) groups is 2. The molecule has 1 aromatic heterocycles. The molecule has 0 aromatic carbocycles. The predicted octanol–water partition coefficient (Wildman–Crippen LogP) is 1.57. The van der Waals surface area contributed by atoms with Crippen molar-refractivity contribution in [3.63, 3.8) is 0 Å². The molecule has 2 rings (SSSR count). The summed E-state index contributed by atoms with van der Waals surface area (Å²) in [5.74, 6) is -0.0518. The van der Waals surface area contributed by atoms with Crippen molar-refractivity contribution in [2.24, 2.45) is 12.8 Å². The topological polar surface area (TPSA) is 68.3 Å². The molecule has 20 heavy (non-hydrogen) atoms. The fourth-order valence-corrected chi connectivity index (χ4v) is 2.87. The second-order valence-corrected chi connectivity index (χ2v) is 5.70. The van der Waals surface area contributed by atoms with Gasteiger partial charge in [-0.1, -0.05) is 0 Å². The molecule has 2 N–H and O–H groups in total. The van der Waals surface area contributed by atoms with Gasteiger partial charge in [-0.3, -0.25) is 9.59 Å². The number of rotatable bonds is 3. The normalized spacial score (nSPS) is 20.8. The van der Waals surface area contributed by atoms with E-state index in [2.05, 4.69) is 0 Å². The van der Waals surface area contributed by atoms with E-state index in [1.165, 1.54) is 6.92 Å². The maximum Gasteiger partial charge on any atom is 0.270 e. The van der Waals surface area contributed by atoms with Gasteiger partial charge in [-0.25, -0.2) is 0 Å². The Balaban J connectivity index is 2.27. The smallest absolute Gasteiger partial charge is 0.270 e. The lowest BCUT2D eigenvalue weighted by Crippen LogP contribution is -2.52. The van der Waals surface area contributed by atoms with Gasteiger partial charge in [0.05, 0.1) is 0 Å². The van der Waals surface area contributed by atoms with Gasteiger partial charge in [-0.05, 0) is 39.2 Å². The number of ketones is 1. The van der Waals surface area contributed by atoms with Crippen LogP contribution in [0.5, 0.6) is 0 Å². The number of hydrogen-bond donors (Lipinski definition) is 1. The molecule has 1 aromatic rings. The minimum absolute atomic E-state index is 0.0259. The third-order valence-electron chi connectivity index (χ3n) is 4.05. The van der Waals surface area contributed by atoms with Crippen LogP contribution < -0.4 is 5.73 Å². The molecular formula is C15H23N3O2. The average Bonchev–Trinajstić information content (AvgIpc) is 2.80. The highest BCUT2D eigenvalue weighted by atomic mass is 16.2. The molecule has 0 radical (unpaired) electrons. The summed E-state index contributed by atoms with van der Waals surface area (Å²) in [7, 11) is 1.80. The van der Waals surface area contributed by atoms with E-state index in [1.54, 1.807) is 23.9 Å². The van der Waals surface area contributed by atoms with Crippen LogP contribution in [0.25, 0.3) is 0 Å². The molecule has 2 atom stereocenters. The van der Waals surface area contributed by atoms with E-state index in [4.69, 9.17) is 5.73 Å². The standard InChI is InChI=1S/C15H23N3O2/c1-10(16)13-6-4-5-7-18(13)15(20)14-8-12(11(2)19)9-17(14)3/h8-10,13H,4-7,16H2,1-3H3. The lowest BCUT2D eigenvalue weighted by molar-refractivity contribution is 0.0574. The number of likely N-dealkylation sites (tertiary alicyclic amines) is 1. The summed E-state index contributed by atoms with van der Waals surface area (Å²) >= 11 is 0. The second kappa shape index (κ2) is 5.79. The number of Topliss-reactive ketones (excluding diaryl/α,β-unsaturated/α-hetero) is 1. The van der Waals surface area contributed by atoms with E-state index in [-0.39, 0.29) is 23.8 Å². The Morgan fingerprint density at radius 1 is 1.40 bits per heavy atom. The monoisotopic (exact) mass is 277 g/mol. The molecule has 1 aliphatic rings. The van der Waals surface area contributed by atoms with E-state index in [1.807, 2.05) is 11.8 Å². The Kier molecular flexibility index (Phi) is 4.28. The van der Waals surface area contributed by atoms with Gasteiger partial charge in [0.1, 0.15) is 5.69 Å². The maximum atomic E-state index is 12.7. The van der Waals surface area contributed by atoms with Gasteiger partial charge < -0.3 is 15.2 Å². The Morgan fingerprint density at radius 3 is 2.65 bits per heavy atom. The first-order chi connectivity index (χ1) is 9.41. The number of nitrogens with zero attached hydrogens (tertiary/aromatic N) is 2. The SMILES string of the molecule is CC(=O)c1cc(C(=O)N2CCCCC2C(C)N)n(C)c1. The summed E-state index contributed by atoms with van der Waals surface area (Å²) in [6.07, 6.45) is 4.79. The summed E-state index contributed by atoms with van der Waals surface area (Å²) in [5.41, 5.74) is 7.14. The molecule has 2 heterocycles. The summed E-state index contributed by atoms with van der Waals surface area (Å²) in [5, 5.41) is 0. The summed E-state index contributed by atoms with van der Waals surface area (Å²) in [6, 6.07) is 1.73. The first-order valence-corrected chi connectivity index (χ1v) is 7.15. The highest BCUT2D eigenvalue weighted by Gasteiger charge is 2.31. The lowest BCUT2D eigenvalue weighted by atomic mass is 9.96. The first kappa shape index (κ1) is 14.8. The van der Waals surface area contributed by atoms with Gasteiger partial charge in [0.25, 0.3) is 5.91 Å². The molecule has 0 bridgehead atoms. The summed E-state index contributed by atoms with van der Waals surface area (Å²) in [4.78, 5) is 26.0. The summed E-state index contributed by atoms with van der Waals surface area (Å²) < 4.78 is 1.73. The second-order valence-electron chi connectivity index (χ2n) is 5.70. The van der Waals surface area contributed by atoms with E-state index in [9.17, 15) is 9.59 Å². The number of carbonyl (C=O) groups excluding carboxylic acids is 2. The lowest BCUT2D eigenvalue weighted by Gasteiger charge is -2.38. The molecule has 5 heteroatoms. The van der Waals surface area contributed by atoms with Gasteiger partial charge in [0, 0.05) is 37.4 Å². The summed E-state index contributed by atoms with van der Waals surface area (Å²) in [6.45, 7) is 4.20. The number of nitrogens with two attached hydrogens (primary N) is 1. The van der Waals surface area contributed by atoms with Crippen LogP contribution in [-0.4, -0.2) is 39.8 Å². The van der Waals surface area contributed by atoms with Crippen molar-refractivity contribution in [1.82, 2.24) is 9.47 Å². The third kappa shape index (κ3) is 2.77. The van der Waals surface area contributed by atoms with Gasteiger partial charge in [-0.15, -0.1) is 0 Å². The van der Waals surface area contributed by atoms with Crippen LogP contribution in [0.15, 0.2) is 12.3 Å². The van der Waals surface area contributed by atoms with Gasteiger partial charge in [0.15, 0.2) is 5.78 Å². The molecular weight excluding hydrogens is 254 g/mol. The molecule has 1 aliphatic heterocycles. The predicted molar refractivity (Wildman–Crippen MR) is 77.7 cm³/mol. The number of hydrogen-bond acceptors (Lipinski definition) is 3. The Labute approximate surface area is 119 Å². The molecule has 2 unspecified atom stereocenters. The van der Waals surface area contributed by atoms with Crippen molar-refractivity contribution in [2.75, 3.05) is 6.54 Å². The van der Waals surface area contributed by atoms with Crippen molar-refractivity contribution in [3.8, 4) is 0 Å². The third-order valence-corrected chi connectivity index (χ3v) is 4.05. The average molecular weight is 277 g/mol. The highest BCUT2D eigenvalue weighted by Crippen LogP contribution is 2.22. The van der Waals surface area contributed by atoms with Crippen LogP contribution in [-0.2, 0) is 7.05 Å². The minimum Gasteiger partial charge on any atom is -0.346 e. The van der Waals surface area contributed by atoms with Crippen molar-refractivity contribution in [2.45, 2.75) is 45.2 Å². The molecule has 1 amide bonds.